The molecule has 1 aromatic carbocycles. The molecule has 0 radical (unpaired) electrons. The first-order chi connectivity index (χ1) is 14.9. The second-order valence-corrected chi connectivity index (χ2v) is 8.35. The van der Waals surface area contributed by atoms with Crippen LogP contribution in [0.1, 0.15) is 37.8 Å². The van der Waals surface area contributed by atoms with Crippen molar-refractivity contribution in [2.45, 2.75) is 37.7 Å². The van der Waals surface area contributed by atoms with Crippen LogP contribution in [-0.4, -0.2) is 60.8 Å². The third-order valence-electron chi connectivity index (χ3n) is 5.96. The minimum Gasteiger partial charge on any atom is -0.497 e. The molecule has 3 N–H and O–H groups in total. The standard InChI is InChI=1S/C23H35N5O3.HI/c1-5-24-21(25-16-22(2,29)19-14-27-28(3)15-19)26-17-23(10-12-31-13-11-23)18-6-8-20(30-4)9-7-18;/h6-9,14-15,29H,5,10-13,16-17H2,1-4H3,(H2,24,25,26);1H. The Morgan fingerprint density at radius 1 is 1.28 bits per heavy atom. The number of nitrogens with one attached hydrogen (secondary N) is 2. The number of aromatic nitrogens is 2. The molecule has 0 saturated carbocycles. The van der Waals surface area contributed by atoms with Gasteiger partial charge < -0.3 is 25.2 Å². The molecule has 1 unspecified atom stereocenters. The lowest BCUT2D eigenvalue weighted by atomic mass is 9.74. The van der Waals surface area contributed by atoms with E-state index in [-0.39, 0.29) is 35.9 Å². The number of methoxy groups -OCH3 is 1. The largest absolute Gasteiger partial charge is 0.497 e. The number of aliphatic imine (C=N–C) groups is 1. The van der Waals surface area contributed by atoms with Crippen LogP contribution in [0.15, 0.2) is 41.7 Å². The molecule has 1 fully saturated rings. The van der Waals surface area contributed by atoms with Gasteiger partial charge in [-0.1, -0.05) is 12.1 Å². The first kappa shape index (κ1) is 26.4. The average molecular weight is 557 g/mol. The van der Waals surface area contributed by atoms with Crippen molar-refractivity contribution >= 4 is 29.9 Å². The molecule has 0 aliphatic carbocycles. The summed E-state index contributed by atoms with van der Waals surface area (Å²) in [5, 5.41) is 21.8. The molecule has 1 saturated heterocycles. The lowest BCUT2D eigenvalue weighted by Crippen LogP contribution is -2.48. The zero-order valence-electron chi connectivity index (χ0n) is 19.4. The molecule has 2 heterocycles. The van der Waals surface area contributed by atoms with Crippen molar-refractivity contribution in [2.24, 2.45) is 12.0 Å². The molecule has 0 spiro atoms. The summed E-state index contributed by atoms with van der Waals surface area (Å²) in [6, 6.07) is 8.31. The SMILES string of the molecule is CCNC(=NCC(C)(O)c1cnn(C)c1)NCC1(c2ccc(OC)cc2)CCOCC1.I. The average Bonchev–Trinajstić information content (AvgIpc) is 3.24. The van der Waals surface area contributed by atoms with Crippen LogP contribution in [0.3, 0.4) is 0 Å². The Kier molecular flexibility index (Phi) is 9.78. The molecule has 0 bridgehead atoms. The molecule has 3 rings (SSSR count). The van der Waals surface area contributed by atoms with Gasteiger partial charge in [0.05, 0.1) is 19.9 Å². The third-order valence-corrected chi connectivity index (χ3v) is 5.96. The maximum absolute atomic E-state index is 10.9. The fourth-order valence-electron chi connectivity index (χ4n) is 3.89. The van der Waals surface area contributed by atoms with Crippen molar-refractivity contribution in [2.75, 3.05) is 40.0 Å². The molecule has 9 heteroatoms. The fourth-order valence-corrected chi connectivity index (χ4v) is 3.89. The van der Waals surface area contributed by atoms with Crippen molar-refractivity contribution in [1.82, 2.24) is 20.4 Å². The van der Waals surface area contributed by atoms with E-state index in [0.29, 0.717) is 5.96 Å². The van der Waals surface area contributed by atoms with Crippen LogP contribution in [0.5, 0.6) is 5.75 Å². The van der Waals surface area contributed by atoms with Gasteiger partial charge in [0.1, 0.15) is 11.4 Å². The van der Waals surface area contributed by atoms with E-state index in [2.05, 4.69) is 32.9 Å². The summed E-state index contributed by atoms with van der Waals surface area (Å²) < 4.78 is 12.7. The molecule has 0 amide bonds. The minimum absolute atomic E-state index is 0. The topological polar surface area (TPSA) is 92.9 Å². The lowest BCUT2D eigenvalue weighted by Gasteiger charge is -2.38. The van der Waals surface area contributed by atoms with E-state index >= 15 is 0 Å². The summed E-state index contributed by atoms with van der Waals surface area (Å²) in [6.45, 7) is 6.95. The van der Waals surface area contributed by atoms with Crippen LogP contribution in [-0.2, 0) is 22.8 Å². The summed E-state index contributed by atoms with van der Waals surface area (Å²) in [5.41, 5.74) is 0.867. The van der Waals surface area contributed by atoms with Crippen molar-refractivity contribution in [3.63, 3.8) is 0 Å². The van der Waals surface area contributed by atoms with Crippen LogP contribution in [0.2, 0.25) is 0 Å². The smallest absolute Gasteiger partial charge is 0.191 e. The molecule has 1 aliphatic heterocycles. The molecule has 32 heavy (non-hydrogen) atoms. The Morgan fingerprint density at radius 3 is 2.53 bits per heavy atom. The Morgan fingerprint density at radius 2 is 1.97 bits per heavy atom. The first-order valence-electron chi connectivity index (χ1n) is 10.8. The number of hydrogen-bond acceptors (Lipinski definition) is 5. The predicted octanol–water partition coefficient (Wildman–Crippen LogP) is 2.56. The summed E-state index contributed by atoms with van der Waals surface area (Å²) in [7, 11) is 3.52. The predicted molar refractivity (Wildman–Crippen MR) is 137 cm³/mol. The number of halogens is 1. The number of hydrogen-bond donors (Lipinski definition) is 3. The zero-order chi connectivity index (χ0) is 22.3. The number of guanidine groups is 1. The van der Waals surface area contributed by atoms with Crippen LogP contribution < -0.4 is 15.4 Å². The van der Waals surface area contributed by atoms with E-state index in [0.717, 1.165) is 50.5 Å². The number of benzene rings is 1. The second-order valence-electron chi connectivity index (χ2n) is 8.35. The molecule has 1 aromatic heterocycles. The molecule has 1 aliphatic rings. The van der Waals surface area contributed by atoms with Crippen molar-refractivity contribution < 1.29 is 14.6 Å². The van der Waals surface area contributed by atoms with Gasteiger partial charge in [0.2, 0.25) is 0 Å². The maximum atomic E-state index is 10.9. The zero-order valence-corrected chi connectivity index (χ0v) is 21.8. The highest BCUT2D eigenvalue weighted by atomic mass is 127. The van der Waals surface area contributed by atoms with Gasteiger partial charge in [-0.2, -0.15) is 5.10 Å². The van der Waals surface area contributed by atoms with E-state index in [1.165, 1.54) is 5.56 Å². The Bertz CT molecular complexity index is 861. The van der Waals surface area contributed by atoms with Gasteiger partial charge in [-0.15, -0.1) is 24.0 Å². The highest BCUT2D eigenvalue weighted by molar-refractivity contribution is 14.0. The Balaban J connectivity index is 0.00000363. The molecule has 1 atom stereocenters. The van der Waals surface area contributed by atoms with E-state index in [9.17, 15) is 5.11 Å². The minimum atomic E-state index is -1.09. The van der Waals surface area contributed by atoms with E-state index in [1.54, 1.807) is 24.9 Å². The second kappa shape index (κ2) is 11.9. The quantitative estimate of drug-likeness (QED) is 0.263. The fraction of sp³-hybridized carbons (Fsp3) is 0.565. The summed E-state index contributed by atoms with van der Waals surface area (Å²) in [6.07, 6.45) is 5.35. The molecular weight excluding hydrogens is 521 g/mol. The van der Waals surface area contributed by atoms with Gasteiger partial charge in [0, 0.05) is 50.5 Å². The number of ether oxygens (including phenoxy) is 2. The van der Waals surface area contributed by atoms with Gasteiger partial charge in [-0.3, -0.25) is 4.68 Å². The summed E-state index contributed by atoms with van der Waals surface area (Å²) in [5.74, 6) is 1.54. The third kappa shape index (κ3) is 6.58. The Hall–Kier alpha value is -1.85. The summed E-state index contributed by atoms with van der Waals surface area (Å²) >= 11 is 0. The van der Waals surface area contributed by atoms with Crippen LogP contribution in [0.25, 0.3) is 0 Å². The van der Waals surface area contributed by atoms with E-state index < -0.39 is 5.60 Å². The van der Waals surface area contributed by atoms with Crippen LogP contribution in [0, 0.1) is 0 Å². The monoisotopic (exact) mass is 557 g/mol. The van der Waals surface area contributed by atoms with Gasteiger partial charge in [0.25, 0.3) is 0 Å². The van der Waals surface area contributed by atoms with Gasteiger partial charge in [0.15, 0.2) is 5.96 Å². The molecule has 2 aromatic rings. The summed E-state index contributed by atoms with van der Waals surface area (Å²) in [4.78, 5) is 4.66. The van der Waals surface area contributed by atoms with Crippen molar-refractivity contribution in [1.29, 1.82) is 0 Å². The highest BCUT2D eigenvalue weighted by Gasteiger charge is 2.35. The number of nitrogens with zero attached hydrogens (tertiary/aromatic N) is 3. The van der Waals surface area contributed by atoms with E-state index in [4.69, 9.17) is 9.47 Å². The van der Waals surface area contributed by atoms with Crippen LogP contribution in [0.4, 0.5) is 0 Å². The molecular formula is C23H36IN5O3. The van der Waals surface area contributed by atoms with Crippen LogP contribution >= 0.6 is 24.0 Å². The van der Waals surface area contributed by atoms with Gasteiger partial charge in [-0.25, -0.2) is 4.99 Å². The van der Waals surface area contributed by atoms with Crippen molar-refractivity contribution in [3.8, 4) is 5.75 Å². The van der Waals surface area contributed by atoms with Gasteiger partial charge >= 0.3 is 0 Å². The maximum Gasteiger partial charge on any atom is 0.191 e. The number of rotatable bonds is 8. The lowest BCUT2D eigenvalue weighted by molar-refractivity contribution is 0.0513. The van der Waals surface area contributed by atoms with Crippen molar-refractivity contribution in [3.05, 3.63) is 47.8 Å². The molecule has 178 valence electrons. The first-order valence-corrected chi connectivity index (χ1v) is 10.8. The number of aliphatic hydroxyl groups is 1. The normalized spacial score (nSPS) is 17.7. The number of aryl methyl sites for hydroxylation is 1. The Labute approximate surface area is 207 Å². The van der Waals surface area contributed by atoms with Gasteiger partial charge in [-0.05, 0) is 44.4 Å². The highest BCUT2D eigenvalue weighted by Crippen LogP contribution is 2.35. The van der Waals surface area contributed by atoms with E-state index in [1.807, 2.05) is 32.3 Å². The molecule has 8 nitrogen and oxygen atoms in total.